The molecule has 0 aromatic heterocycles. The summed E-state index contributed by atoms with van der Waals surface area (Å²) in [7, 11) is -2.67. The van der Waals surface area contributed by atoms with E-state index in [0.29, 0.717) is 6.42 Å². The van der Waals surface area contributed by atoms with Gasteiger partial charge in [0, 0.05) is 6.54 Å². The van der Waals surface area contributed by atoms with E-state index in [9.17, 15) is 18.3 Å². The fourth-order valence-corrected chi connectivity index (χ4v) is 2.58. The van der Waals surface area contributed by atoms with Gasteiger partial charge in [-0.2, -0.15) is 0 Å². The Morgan fingerprint density at radius 1 is 1.44 bits per heavy atom. The predicted molar refractivity (Wildman–Crippen MR) is 64.9 cm³/mol. The van der Waals surface area contributed by atoms with Crippen molar-refractivity contribution in [3.63, 3.8) is 0 Å². The number of hydrogen-bond acceptors (Lipinski definition) is 5. The third kappa shape index (κ3) is 2.99. The highest BCUT2D eigenvalue weighted by Gasteiger charge is 2.22. The molecule has 18 heavy (non-hydrogen) atoms. The second-order valence-corrected chi connectivity index (χ2v) is 5.28. The van der Waals surface area contributed by atoms with Crippen LogP contribution < -0.4 is 4.72 Å². The van der Waals surface area contributed by atoms with Crippen LogP contribution in [0.15, 0.2) is 23.1 Å². The van der Waals surface area contributed by atoms with Crippen LogP contribution in [-0.2, 0) is 14.8 Å². The average Bonchev–Trinajstić information content (AvgIpc) is 2.35. The maximum absolute atomic E-state index is 11.9. The number of rotatable bonds is 5. The molecular weight excluding hydrogens is 258 g/mol. The van der Waals surface area contributed by atoms with Crippen LogP contribution in [0.25, 0.3) is 0 Å². The van der Waals surface area contributed by atoms with E-state index in [1.807, 2.05) is 6.92 Å². The Morgan fingerprint density at radius 3 is 2.67 bits per heavy atom. The molecule has 0 aliphatic carbocycles. The lowest BCUT2D eigenvalue weighted by molar-refractivity contribution is 0.0597. The highest BCUT2D eigenvalue weighted by Crippen LogP contribution is 2.27. The largest absolute Gasteiger partial charge is 0.506 e. The van der Waals surface area contributed by atoms with Gasteiger partial charge in [-0.1, -0.05) is 13.0 Å². The van der Waals surface area contributed by atoms with Crippen molar-refractivity contribution in [3.8, 4) is 5.75 Å². The van der Waals surface area contributed by atoms with Crippen LogP contribution in [0.1, 0.15) is 23.7 Å². The van der Waals surface area contributed by atoms with Crippen molar-refractivity contribution in [2.24, 2.45) is 0 Å². The minimum atomic E-state index is -3.83. The monoisotopic (exact) mass is 273 g/mol. The van der Waals surface area contributed by atoms with Gasteiger partial charge < -0.3 is 9.84 Å². The van der Waals surface area contributed by atoms with Crippen molar-refractivity contribution < 1.29 is 23.1 Å². The summed E-state index contributed by atoms with van der Waals surface area (Å²) in [4.78, 5) is 11.0. The molecule has 0 fully saturated rings. The number of phenolic OH excluding ortho intramolecular Hbond substituents is 1. The van der Waals surface area contributed by atoms with Gasteiger partial charge in [0.05, 0.1) is 7.11 Å². The highest BCUT2D eigenvalue weighted by atomic mass is 32.2. The van der Waals surface area contributed by atoms with E-state index in [1.54, 1.807) is 0 Å². The number of phenols is 1. The predicted octanol–water partition coefficient (Wildman–Crippen LogP) is 0.867. The third-order valence-corrected chi connectivity index (χ3v) is 3.73. The van der Waals surface area contributed by atoms with E-state index < -0.39 is 21.7 Å². The van der Waals surface area contributed by atoms with Crippen LogP contribution in [0.2, 0.25) is 0 Å². The van der Waals surface area contributed by atoms with E-state index in [1.165, 1.54) is 18.2 Å². The lowest BCUT2D eigenvalue weighted by Crippen LogP contribution is -2.24. The molecule has 1 aromatic carbocycles. The SMILES string of the molecule is CCCNS(=O)(=O)c1cccc(C(=O)OC)c1O. The van der Waals surface area contributed by atoms with Crippen molar-refractivity contribution in [2.45, 2.75) is 18.2 Å². The van der Waals surface area contributed by atoms with Crippen LogP contribution in [0.4, 0.5) is 0 Å². The van der Waals surface area contributed by atoms with Crippen molar-refractivity contribution >= 4 is 16.0 Å². The number of carbonyl (C=O) groups is 1. The molecule has 0 atom stereocenters. The van der Waals surface area contributed by atoms with Gasteiger partial charge in [0.2, 0.25) is 10.0 Å². The second-order valence-electron chi connectivity index (χ2n) is 3.54. The second kappa shape index (κ2) is 5.83. The number of esters is 1. The zero-order valence-electron chi connectivity index (χ0n) is 10.1. The Kier molecular flexibility index (Phi) is 4.69. The van der Waals surface area contributed by atoms with Crippen molar-refractivity contribution in [1.29, 1.82) is 0 Å². The maximum Gasteiger partial charge on any atom is 0.341 e. The molecule has 0 saturated carbocycles. The Hall–Kier alpha value is -1.60. The Morgan fingerprint density at radius 2 is 2.11 bits per heavy atom. The lowest BCUT2D eigenvalue weighted by Gasteiger charge is -2.09. The summed E-state index contributed by atoms with van der Waals surface area (Å²) in [5, 5.41) is 9.81. The Labute approximate surface area is 106 Å². The Bertz CT molecular complexity index is 538. The third-order valence-electron chi connectivity index (χ3n) is 2.24. The molecule has 0 amide bonds. The minimum Gasteiger partial charge on any atom is -0.506 e. The fraction of sp³-hybridized carbons (Fsp3) is 0.364. The first-order valence-corrected chi connectivity index (χ1v) is 6.82. The van der Waals surface area contributed by atoms with Crippen molar-refractivity contribution in [1.82, 2.24) is 4.72 Å². The van der Waals surface area contributed by atoms with Gasteiger partial charge in [0.25, 0.3) is 0 Å². The number of methoxy groups -OCH3 is 1. The molecular formula is C11H15NO5S. The molecule has 0 aliphatic rings. The van der Waals surface area contributed by atoms with Crippen LogP contribution in [0.5, 0.6) is 5.75 Å². The number of ether oxygens (including phenoxy) is 1. The zero-order valence-corrected chi connectivity index (χ0v) is 11.0. The highest BCUT2D eigenvalue weighted by molar-refractivity contribution is 7.89. The molecule has 1 rings (SSSR count). The summed E-state index contributed by atoms with van der Waals surface area (Å²) in [5.41, 5.74) is -0.183. The molecule has 0 spiro atoms. The number of carbonyl (C=O) groups excluding carboxylic acids is 1. The number of para-hydroxylation sites is 1. The van der Waals surface area contributed by atoms with Crippen LogP contribution in [-0.4, -0.2) is 33.1 Å². The Balaban J connectivity index is 3.23. The molecule has 0 heterocycles. The van der Waals surface area contributed by atoms with Crippen LogP contribution in [0, 0.1) is 0 Å². The number of hydrogen-bond donors (Lipinski definition) is 2. The fourth-order valence-electron chi connectivity index (χ4n) is 1.33. The van der Waals surface area contributed by atoms with Crippen LogP contribution in [0.3, 0.4) is 0 Å². The number of nitrogens with one attached hydrogen (secondary N) is 1. The first kappa shape index (κ1) is 14.5. The van der Waals surface area contributed by atoms with Crippen molar-refractivity contribution in [3.05, 3.63) is 23.8 Å². The van der Waals surface area contributed by atoms with Gasteiger partial charge in [-0.05, 0) is 18.6 Å². The van der Waals surface area contributed by atoms with Crippen LogP contribution >= 0.6 is 0 Å². The topological polar surface area (TPSA) is 92.7 Å². The van der Waals surface area contributed by atoms with E-state index in [4.69, 9.17) is 0 Å². The quantitative estimate of drug-likeness (QED) is 0.776. The van der Waals surface area contributed by atoms with E-state index >= 15 is 0 Å². The number of sulfonamides is 1. The summed E-state index contributed by atoms with van der Waals surface area (Å²) < 4.78 is 30.5. The summed E-state index contributed by atoms with van der Waals surface area (Å²) >= 11 is 0. The van der Waals surface area contributed by atoms with E-state index in [0.717, 1.165) is 7.11 Å². The standard InChI is InChI=1S/C11H15NO5S/c1-3-7-12-18(15,16)9-6-4-5-8(10(9)13)11(14)17-2/h4-6,12-13H,3,7H2,1-2H3. The molecule has 7 heteroatoms. The summed E-state index contributed by atoms with van der Waals surface area (Å²) in [5.74, 6) is -1.40. The van der Waals surface area contributed by atoms with Gasteiger partial charge in [-0.15, -0.1) is 0 Å². The summed E-state index contributed by atoms with van der Waals surface area (Å²) in [6.45, 7) is 2.07. The normalized spacial score (nSPS) is 11.2. The maximum atomic E-state index is 11.9. The molecule has 6 nitrogen and oxygen atoms in total. The zero-order chi connectivity index (χ0) is 13.8. The number of aromatic hydroxyl groups is 1. The smallest absolute Gasteiger partial charge is 0.341 e. The number of benzene rings is 1. The molecule has 0 unspecified atom stereocenters. The van der Waals surface area contributed by atoms with Gasteiger partial charge in [-0.3, -0.25) is 0 Å². The molecule has 0 aliphatic heterocycles. The molecule has 0 bridgehead atoms. The van der Waals surface area contributed by atoms with Crippen molar-refractivity contribution in [2.75, 3.05) is 13.7 Å². The molecule has 0 saturated heterocycles. The molecule has 0 radical (unpaired) electrons. The first-order valence-electron chi connectivity index (χ1n) is 5.34. The van der Waals surface area contributed by atoms with E-state index in [-0.39, 0.29) is 17.0 Å². The van der Waals surface area contributed by atoms with Gasteiger partial charge >= 0.3 is 5.97 Å². The minimum absolute atomic E-state index is 0.183. The average molecular weight is 273 g/mol. The van der Waals surface area contributed by atoms with Gasteiger partial charge in [0.15, 0.2) is 0 Å². The summed E-state index contributed by atoms with van der Waals surface area (Å²) in [6, 6.07) is 3.88. The van der Waals surface area contributed by atoms with Gasteiger partial charge in [0.1, 0.15) is 16.2 Å². The molecule has 100 valence electrons. The molecule has 2 N–H and O–H groups in total. The van der Waals surface area contributed by atoms with E-state index in [2.05, 4.69) is 9.46 Å². The lowest BCUT2D eigenvalue weighted by atomic mass is 10.2. The molecule has 1 aromatic rings. The van der Waals surface area contributed by atoms with Gasteiger partial charge in [-0.25, -0.2) is 17.9 Å². The first-order chi connectivity index (χ1) is 8.44. The summed E-state index contributed by atoms with van der Waals surface area (Å²) in [6.07, 6.45) is 0.622.